The van der Waals surface area contributed by atoms with E-state index in [1.165, 1.54) is 18.7 Å². The molecule has 1 aromatic carbocycles. The fourth-order valence-corrected chi connectivity index (χ4v) is 6.20. The summed E-state index contributed by atoms with van der Waals surface area (Å²) in [6, 6.07) is 11.9. The van der Waals surface area contributed by atoms with Crippen molar-refractivity contribution >= 4 is 32.3 Å². The van der Waals surface area contributed by atoms with Gasteiger partial charge in [-0.2, -0.15) is 0 Å². The highest BCUT2D eigenvalue weighted by atomic mass is 32.2. The number of ether oxygens (including phenoxy) is 1. The first kappa shape index (κ1) is 26.1. The third-order valence-corrected chi connectivity index (χ3v) is 8.77. The second kappa shape index (κ2) is 10.0. The van der Waals surface area contributed by atoms with Crippen LogP contribution < -0.4 is 16.0 Å². The van der Waals surface area contributed by atoms with E-state index in [0.29, 0.717) is 34.0 Å². The van der Waals surface area contributed by atoms with E-state index >= 15 is 0 Å². The van der Waals surface area contributed by atoms with E-state index in [2.05, 4.69) is 34.4 Å². The number of piperidine rings is 1. The van der Waals surface area contributed by atoms with E-state index in [0.717, 1.165) is 31.6 Å². The maximum Gasteiger partial charge on any atom is 0.259 e. The van der Waals surface area contributed by atoms with E-state index in [-0.39, 0.29) is 16.9 Å². The number of nitrogens with two attached hydrogens (primary N) is 1. The summed E-state index contributed by atoms with van der Waals surface area (Å²) in [4.78, 5) is 22.9. The number of anilines is 2. The molecule has 0 bridgehead atoms. The summed E-state index contributed by atoms with van der Waals surface area (Å²) < 4.78 is 30.0. The average Bonchev–Trinajstić information content (AvgIpc) is 2.89. The molecule has 3 aromatic rings. The van der Waals surface area contributed by atoms with Crippen LogP contribution in [0.4, 0.5) is 11.5 Å². The van der Waals surface area contributed by atoms with E-state index in [4.69, 9.17) is 14.9 Å². The minimum absolute atomic E-state index is 0.0813. The fourth-order valence-electron chi connectivity index (χ4n) is 5.46. The predicted molar refractivity (Wildman–Crippen MR) is 150 cm³/mol. The van der Waals surface area contributed by atoms with E-state index < -0.39 is 15.4 Å². The Bertz CT molecular complexity index is 1590. The molecule has 0 saturated carbocycles. The summed E-state index contributed by atoms with van der Waals surface area (Å²) in [5.74, 6) is 1.47. The van der Waals surface area contributed by atoms with Gasteiger partial charge in [-0.05, 0) is 93.2 Å². The zero-order chi connectivity index (χ0) is 27.1. The Hall–Kier alpha value is -3.47. The van der Waals surface area contributed by atoms with Gasteiger partial charge in [-0.1, -0.05) is 12.1 Å². The van der Waals surface area contributed by atoms with Gasteiger partial charge in [-0.15, -0.1) is 0 Å². The van der Waals surface area contributed by atoms with Crippen molar-refractivity contribution in [2.75, 3.05) is 32.6 Å². The first-order valence-electron chi connectivity index (χ1n) is 12.6. The number of primary sulfonamides is 1. The summed E-state index contributed by atoms with van der Waals surface area (Å²) in [5.41, 5.74) is 1.48. The molecular weight excluding hydrogens is 502 g/mol. The smallest absolute Gasteiger partial charge is 0.259 e. The van der Waals surface area contributed by atoms with Crippen LogP contribution in [0.5, 0.6) is 0 Å². The van der Waals surface area contributed by atoms with E-state index in [1.54, 1.807) is 24.4 Å². The number of methoxy groups -OCH3 is 1. The Balaban J connectivity index is 1.54. The minimum atomic E-state index is -3.90. The normalized spacial score (nSPS) is 21.2. The van der Waals surface area contributed by atoms with E-state index in [1.807, 2.05) is 19.1 Å². The van der Waals surface area contributed by atoms with Gasteiger partial charge < -0.3 is 19.9 Å². The van der Waals surface area contributed by atoms with Crippen molar-refractivity contribution < 1.29 is 13.2 Å². The molecule has 2 aliphatic rings. The first-order valence-corrected chi connectivity index (χ1v) is 14.2. The Labute approximate surface area is 222 Å². The van der Waals surface area contributed by atoms with Crippen LogP contribution in [-0.4, -0.2) is 50.5 Å². The van der Waals surface area contributed by atoms with Gasteiger partial charge in [0.2, 0.25) is 10.0 Å². The number of H-pyrrole nitrogens is 1. The summed E-state index contributed by atoms with van der Waals surface area (Å²) in [6.45, 7) is 4.05. The van der Waals surface area contributed by atoms with Gasteiger partial charge in [0.25, 0.3) is 5.56 Å². The predicted octanol–water partition coefficient (Wildman–Crippen LogP) is 3.84. The number of hydrogen-bond donors (Lipinski definition) is 3. The summed E-state index contributed by atoms with van der Waals surface area (Å²) >= 11 is 0. The summed E-state index contributed by atoms with van der Waals surface area (Å²) in [6.07, 6.45) is 7.01. The number of pyridine rings is 2. The number of allylic oxidation sites excluding steroid dienone is 4. The van der Waals surface area contributed by atoms with Crippen molar-refractivity contribution in [1.82, 2.24) is 14.9 Å². The molecule has 200 valence electrons. The van der Waals surface area contributed by atoms with Crippen molar-refractivity contribution in [2.24, 2.45) is 5.14 Å². The number of aromatic nitrogens is 2. The highest BCUT2D eigenvalue weighted by Gasteiger charge is 2.40. The van der Waals surface area contributed by atoms with Gasteiger partial charge in [0.05, 0.1) is 28.5 Å². The molecule has 0 spiro atoms. The van der Waals surface area contributed by atoms with Crippen molar-refractivity contribution in [3.05, 3.63) is 87.0 Å². The van der Waals surface area contributed by atoms with Crippen LogP contribution in [0.1, 0.15) is 43.4 Å². The molecule has 2 aromatic heterocycles. The maximum atomic E-state index is 12.9. The van der Waals surface area contributed by atoms with Crippen molar-refractivity contribution in [3.8, 4) is 0 Å². The highest BCUT2D eigenvalue weighted by molar-refractivity contribution is 7.93. The third-order valence-electron chi connectivity index (χ3n) is 7.76. The number of aromatic amines is 1. The lowest BCUT2D eigenvalue weighted by atomic mass is 9.77. The van der Waals surface area contributed by atoms with Crippen molar-refractivity contribution in [1.29, 1.82) is 0 Å². The van der Waals surface area contributed by atoms with Crippen LogP contribution in [0.2, 0.25) is 0 Å². The second-order valence-corrected chi connectivity index (χ2v) is 12.0. The summed E-state index contributed by atoms with van der Waals surface area (Å²) in [5, 5.41) is 9.89. The van der Waals surface area contributed by atoms with Crippen LogP contribution in [0.3, 0.4) is 0 Å². The fraction of sp³-hybridized carbons (Fsp3) is 0.357. The van der Waals surface area contributed by atoms with Crippen LogP contribution in [0, 0.1) is 0 Å². The zero-order valence-electron chi connectivity index (χ0n) is 21.8. The van der Waals surface area contributed by atoms with Gasteiger partial charge in [-0.3, -0.25) is 4.79 Å². The lowest BCUT2D eigenvalue weighted by Gasteiger charge is -2.34. The molecule has 38 heavy (non-hydrogen) atoms. The van der Waals surface area contributed by atoms with Crippen LogP contribution in [0.25, 0.3) is 10.8 Å². The molecule has 1 saturated heterocycles. The molecule has 0 radical (unpaired) electrons. The number of likely N-dealkylation sites (tertiary alicyclic amines) is 1. The number of hydrogen-bond acceptors (Lipinski definition) is 7. The second-order valence-electron chi connectivity index (χ2n) is 10.4. The summed E-state index contributed by atoms with van der Waals surface area (Å²) in [7, 11) is -0.208. The van der Waals surface area contributed by atoms with Crippen molar-refractivity contribution in [3.63, 3.8) is 0 Å². The number of sulfonamides is 1. The number of fused-ring (bicyclic) bond motifs is 1. The van der Waals surface area contributed by atoms with Crippen LogP contribution in [-0.2, 0) is 20.2 Å². The Morgan fingerprint density at radius 1 is 1.16 bits per heavy atom. The van der Waals surface area contributed by atoms with Crippen LogP contribution in [0.15, 0.2) is 70.2 Å². The molecule has 5 rings (SSSR count). The van der Waals surface area contributed by atoms with Crippen LogP contribution >= 0.6 is 0 Å². The van der Waals surface area contributed by atoms with E-state index in [9.17, 15) is 13.2 Å². The first-order chi connectivity index (χ1) is 18.1. The lowest BCUT2D eigenvalue weighted by molar-refractivity contribution is 0.222. The SMILES string of the molecule is COC1=CC=C(S(N)(=O)=O)CC1(C)c1cc2cc[nH]c(=O)c2c(Nc2ccc(C3CCN(C)CC3)cc2)n1. The highest BCUT2D eigenvalue weighted by Crippen LogP contribution is 2.42. The Kier molecular flexibility index (Phi) is 6.89. The number of benzene rings is 1. The molecule has 4 N–H and O–H groups in total. The topological polar surface area (TPSA) is 130 Å². The molecule has 1 fully saturated rings. The molecule has 1 unspecified atom stereocenters. The Morgan fingerprint density at radius 3 is 2.53 bits per heavy atom. The van der Waals surface area contributed by atoms with Gasteiger partial charge in [0, 0.05) is 18.3 Å². The molecule has 9 nitrogen and oxygen atoms in total. The zero-order valence-corrected chi connectivity index (χ0v) is 22.6. The van der Waals surface area contributed by atoms with Gasteiger partial charge in [0.1, 0.15) is 11.6 Å². The molecule has 0 amide bonds. The average molecular weight is 536 g/mol. The molecule has 3 heterocycles. The quantitative estimate of drug-likeness (QED) is 0.437. The largest absolute Gasteiger partial charge is 0.500 e. The Morgan fingerprint density at radius 2 is 1.87 bits per heavy atom. The number of nitrogens with zero attached hydrogens (tertiary/aromatic N) is 2. The van der Waals surface area contributed by atoms with Gasteiger partial charge in [0.15, 0.2) is 0 Å². The third kappa shape index (κ3) is 4.99. The molecule has 1 aliphatic heterocycles. The standard InChI is InChI=1S/C28H33N5O4S/c1-28(17-22(38(29,35)36)8-9-24(28)37-3)23-16-20-10-13-30-27(34)25(20)26(32-23)31-21-6-4-18(5-7-21)19-11-14-33(2)15-12-19/h4-10,13,16,19H,11-12,14-15,17H2,1-3H3,(H,30,34)(H,31,32)(H2,29,35,36). The van der Waals surface area contributed by atoms with Crippen molar-refractivity contribution in [2.45, 2.75) is 37.5 Å². The molecule has 1 atom stereocenters. The van der Waals surface area contributed by atoms with Gasteiger partial charge in [-0.25, -0.2) is 18.5 Å². The maximum absolute atomic E-state index is 12.9. The number of nitrogens with one attached hydrogen (secondary N) is 2. The minimum Gasteiger partial charge on any atom is -0.500 e. The van der Waals surface area contributed by atoms with Gasteiger partial charge >= 0.3 is 0 Å². The monoisotopic (exact) mass is 535 g/mol. The molecule has 10 heteroatoms. The molecule has 1 aliphatic carbocycles. The lowest BCUT2D eigenvalue weighted by Crippen LogP contribution is -2.33. The molecular formula is C28H33N5O4S. The number of rotatable bonds is 6.